The molecule has 0 saturated carbocycles. The Kier molecular flexibility index (Phi) is 5.46. The van der Waals surface area contributed by atoms with Crippen LogP contribution in [0.5, 0.6) is 11.6 Å². The van der Waals surface area contributed by atoms with Gasteiger partial charge in [0.05, 0.1) is 17.7 Å². The van der Waals surface area contributed by atoms with E-state index in [1.165, 1.54) is 0 Å². The van der Waals surface area contributed by atoms with Gasteiger partial charge in [-0.1, -0.05) is 25.4 Å². The number of aromatic hydroxyl groups is 1. The monoisotopic (exact) mass is 384 g/mol. The highest BCUT2D eigenvalue weighted by Crippen LogP contribution is 2.34. The summed E-state index contributed by atoms with van der Waals surface area (Å²) in [6, 6.07) is 6.99. The van der Waals surface area contributed by atoms with Crippen LogP contribution in [0.4, 0.5) is 0 Å². The minimum Gasteiger partial charge on any atom is -0.507 e. The molecule has 3 aromatic rings. The molecule has 27 heavy (non-hydrogen) atoms. The highest BCUT2D eigenvalue weighted by molar-refractivity contribution is 6.32. The van der Waals surface area contributed by atoms with Gasteiger partial charge in [0, 0.05) is 30.4 Å². The summed E-state index contributed by atoms with van der Waals surface area (Å²) in [4.78, 5) is 12.6. The average Bonchev–Trinajstić information content (AvgIpc) is 2.65. The first kappa shape index (κ1) is 18.9. The van der Waals surface area contributed by atoms with Crippen LogP contribution in [-0.4, -0.2) is 34.6 Å². The molecule has 0 aliphatic carbocycles. The van der Waals surface area contributed by atoms with Crippen molar-refractivity contribution >= 4 is 28.3 Å². The van der Waals surface area contributed by atoms with E-state index in [0.717, 1.165) is 16.5 Å². The molecule has 0 fully saturated rings. The zero-order valence-corrected chi connectivity index (χ0v) is 16.2. The number of phenols is 1. The number of halogens is 1. The number of pyridine rings is 2. The lowest BCUT2D eigenvalue weighted by molar-refractivity contribution is 0.261. The molecule has 7 heteroatoms. The summed E-state index contributed by atoms with van der Waals surface area (Å²) in [6.07, 6.45) is 3.39. The molecule has 1 aromatic carbocycles. The van der Waals surface area contributed by atoms with Crippen LogP contribution in [0.2, 0.25) is 5.02 Å². The molecular weight excluding hydrogens is 364 g/mol. The minimum atomic E-state index is 0.0378. The van der Waals surface area contributed by atoms with Gasteiger partial charge in [-0.3, -0.25) is 9.98 Å². The Labute approximate surface area is 162 Å². The number of fused-ring (bicyclic) bond motifs is 1. The van der Waals surface area contributed by atoms with Crippen molar-refractivity contribution in [2.24, 2.45) is 16.6 Å². The van der Waals surface area contributed by atoms with Crippen molar-refractivity contribution in [3.05, 3.63) is 47.2 Å². The van der Waals surface area contributed by atoms with Gasteiger partial charge in [0.1, 0.15) is 16.6 Å². The zero-order valence-electron chi connectivity index (χ0n) is 15.4. The first-order chi connectivity index (χ1) is 12.9. The van der Waals surface area contributed by atoms with E-state index >= 15 is 0 Å². The van der Waals surface area contributed by atoms with Gasteiger partial charge in [-0.05, 0) is 35.7 Å². The fourth-order valence-electron chi connectivity index (χ4n) is 2.68. The molecule has 0 unspecified atom stereocenters. The van der Waals surface area contributed by atoms with Gasteiger partial charge in [0.25, 0.3) is 0 Å². The van der Waals surface area contributed by atoms with Crippen LogP contribution in [-0.2, 0) is 0 Å². The number of nitrogens with zero attached hydrogens (tertiary/aromatic N) is 3. The van der Waals surface area contributed by atoms with E-state index in [2.05, 4.69) is 28.8 Å². The second kappa shape index (κ2) is 7.80. The van der Waals surface area contributed by atoms with Gasteiger partial charge in [-0.15, -0.1) is 0 Å². The highest BCUT2D eigenvalue weighted by atomic mass is 35.5. The Balaban J connectivity index is 2.07. The summed E-state index contributed by atoms with van der Waals surface area (Å²) in [5.41, 5.74) is 8.62. The normalized spacial score (nSPS) is 12.0. The number of phenolic OH excluding ortho intramolecular Hbond substituents is 1. The van der Waals surface area contributed by atoms with E-state index in [1.807, 2.05) is 6.07 Å². The van der Waals surface area contributed by atoms with Gasteiger partial charge in [0.15, 0.2) is 0 Å². The number of nitrogens with two attached hydrogens (primary N) is 1. The first-order valence-electron chi connectivity index (χ1n) is 8.53. The molecule has 3 N–H and O–H groups in total. The van der Waals surface area contributed by atoms with Crippen LogP contribution in [0.1, 0.15) is 19.4 Å². The second-order valence-corrected chi connectivity index (χ2v) is 6.98. The topological polar surface area (TPSA) is 93.6 Å². The summed E-state index contributed by atoms with van der Waals surface area (Å²) in [5.74, 6) is 1.07. The van der Waals surface area contributed by atoms with Crippen LogP contribution in [0, 0.1) is 5.92 Å². The molecular formula is C20H21ClN4O2. The summed E-state index contributed by atoms with van der Waals surface area (Å²) >= 11 is 6.35. The van der Waals surface area contributed by atoms with Crippen molar-refractivity contribution in [2.45, 2.75) is 13.8 Å². The molecule has 2 aromatic heterocycles. The fourth-order valence-corrected chi connectivity index (χ4v) is 2.90. The van der Waals surface area contributed by atoms with E-state index in [-0.39, 0.29) is 11.6 Å². The van der Waals surface area contributed by atoms with Gasteiger partial charge in [0.2, 0.25) is 5.88 Å². The molecule has 0 aliphatic heterocycles. The fraction of sp³-hybridized carbons (Fsp3) is 0.250. The SMILES string of the molecule is CN=C(N)c1cc2nccc(-c3cnc(OCC(C)C)c(Cl)c3)c2cc1O. The Morgan fingerprint density at radius 2 is 2.07 bits per heavy atom. The number of amidine groups is 1. The van der Waals surface area contributed by atoms with Gasteiger partial charge in [-0.25, -0.2) is 4.98 Å². The summed E-state index contributed by atoms with van der Waals surface area (Å²) in [6.45, 7) is 4.66. The average molecular weight is 385 g/mol. The molecule has 0 spiro atoms. The largest absolute Gasteiger partial charge is 0.507 e. The van der Waals surface area contributed by atoms with Crippen molar-refractivity contribution in [3.8, 4) is 22.8 Å². The number of hydrogen-bond donors (Lipinski definition) is 2. The number of rotatable bonds is 5. The number of hydrogen-bond acceptors (Lipinski definition) is 5. The predicted octanol–water partition coefficient (Wildman–Crippen LogP) is 4.03. The Bertz CT molecular complexity index is 1020. The smallest absolute Gasteiger partial charge is 0.232 e. The van der Waals surface area contributed by atoms with Crippen molar-refractivity contribution in [2.75, 3.05) is 13.7 Å². The molecule has 140 valence electrons. The van der Waals surface area contributed by atoms with Crippen molar-refractivity contribution in [1.29, 1.82) is 0 Å². The summed E-state index contributed by atoms with van der Waals surface area (Å²) in [7, 11) is 1.57. The molecule has 6 nitrogen and oxygen atoms in total. The standard InChI is InChI=1S/C20H21ClN4O2/c1-11(2)10-27-20-16(21)6-12(9-25-20)13-4-5-24-17-7-15(19(22)23-3)18(26)8-14(13)17/h4-9,11,26H,10H2,1-3H3,(H2,22,23). The van der Waals surface area contributed by atoms with Crippen LogP contribution in [0.25, 0.3) is 22.0 Å². The lowest BCUT2D eigenvalue weighted by atomic mass is 10.0. The Morgan fingerprint density at radius 3 is 2.74 bits per heavy atom. The van der Waals surface area contributed by atoms with Crippen molar-refractivity contribution < 1.29 is 9.84 Å². The summed E-state index contributed by atoms with van der Waals surface area (Å²) < 4.78 is 5.63. The van der Waals surface area contributed by atoms with Crippen molar-refractivity contribution in [1.82, 2.24) is 9.97 Å². The van der Waals surface area contributed by atoms with Crippen molar-refractivity contribution in [3.63, 3.8) is 0 Å². The zero-order chi connectivity index (χ0) is 19.6. The van der Waals surface area contributed by atoms with E-state index < -0.39 is 0 Å². The third-order valence-corrected chi connectivity index (χ3v) is 4.32. The molecule has 0 atom stereocenters. The van der Waals surface area contributed by atoms with Gasteiger partial charge >= 0.3 is 0 Å². The maximum atomic E-state index is 10.4. The maximum absolute atomic E-state index is 10.4. The molecule has 0 amide bonds. The quantitative estimate of drug-likeness (QED) is 0.511. The highest BCUT2D eigenvalue weighted by Gasteiger charge is 2.13. The van der Waals surface area contributed by atoms with E-state index in [9.17, 15) is 5.11 Å². The van der Waals surface area contributed by atoms with E-state index in [0.29, 0.717) is 34.5 Å². The number of aromatic nitrogens is 2. The number of ether oxygens (including phenoxy) is 1. The van der Waals surface area contributed by atoms with E-state index in [1.54, 1.807) is 37.6 Å². The second-order valence-electron chi connectivity index (χ2n) is 6.57. The number of benzene rings is 1. The van der Waals surface area contributed by atoms with Crippen LogP contribution in [0.3, 0.4) is 0 Å². The lowest BCUT2D eigenvalue weighted by Crippen LogP contribution is -2.13. The van der Waals surface area contributed by atoms with E-state index in [4.69, 9.17) is 22.1 Å². The molecule has 0 aliphatic rings. The van der Waals surface area contributed by atoms with Crippen LogP contribution < -0.4 is 10.5 Å². The first-order valence-corrected chi connectivity index (χ1v) is 8.91. The maximum Gasteiger partial charge on any atom is 0.232 e. The molecule has 3 rings (SSSR count). The molecule has 2 heterocycles. The molecule has 0 bridgehead atoms. The molecule has 0 radical (unpaired) electrons. The Morgan fingerprint density at radius 1 is 1.30 bits per heavy atom. The lowest BCUT2D eigenvalue weighted by Gasteiger charge is -2.12. The summed E-state index contributed by atoms with van der Waals surface area (Å²) in [5, 5.41) is 11.5. The molecule has 0 saturated heterocycles. The number of aliphatic imine (C=N–C) groups is 1. The third-order valence-electron chi connectivity index (χ3n) is 4.05. The third kappa shape index (κ3) is 3.95. The van der Waals surface area contributed by atoms with Gasteiger partial charge in [-0.2, -0.15) is 0 Å². The minimum absolute atomic E-state index is 0.0378. The predicted molar refractivity (Wildman–Crippen MR) is 109 cm³/mol. The van der Waals surface area contributed by atoms with Gasteiger partial charge < -0.3 is 15.6 Å². The Hall–Kier alpha value is -2.86. The van der Waals surface area contributed by atoms with Crippen LogP contribution >= 0.6 is 11.6 Å². The van der Waals surface area contributed by atoms with Crippen LogP contribution in [0.15, 0.2) is 41.7 Å².